The molecule has 0 aromatic heterocycles. The van der Waals surface area contributed by atoms with Crippen molar-refractivity contribution in [2.75, 3.05) is 12.4 Å². The minimum atomic E-state index is -1.81. The Labute approximate surface area is 183 Å². The van der Waals surface area contributed by atoms with E-state index in [2.05, 4.69) is 58.3 Å². The fraction of sp³-hybridized carbons (Fsp3) is 0.762. The first kappa shape index (κ1) is 25.7. The number of ether oxygens (including phenoxy) is 1. The van der Waals surface area contributed by atoms with Crippen LogP contribution in [0.4, 0.5) is 0 Å². The molecule has 0 aromatic carbocycles. The number of nitrogens with zero attached hydrogens (tertiary/aromatic N) is 1. The molecule has 1 atom stereocenters. The molecular formula is C21H39BClNO2SSi. The van der Waals surface area contributed by atoms with Gasteiger partial charge in [-0.15, -0.1) is 11.8 Å². The fourth-order valence-electron chi connectivity index (χ4n) is 3.00. The van der Waals surface area contributed by atoms with Crippen molar-refractivity contribution in [2.45, 2.75) is 84.9 Å². The summed E-state index contributed by atoms with van der Waals surface area (Å²) in [5.41, 5.74) is 0. The number of esters is 1. The number of hydrogen-bond donors (Lipinski definition) is 0. The Kier molecular flexibility index (Phi) is 10.8. The van der Waals surface area contributed by atoms with E-state index in [9.17, 15) is 4.79 Å². The van der Waals surface area contributed by atoms with Gasteiger partial charge in [0.05, 0.1) is 18.1 Å². The summed E-state index contributed by atoms with van der Waals surface area (Å²) in [6, 6.07) is 0. The van der Waals surface area contributed by atoms with Gasteiger partial charge in [-0.3, -0.25) is 4.79 Å². The van der Waals surface area contributed by atoms with Crippen LogP contribution in [0.2, 0.25) is 18.1 Å². The highest BCUT2D eigenvalue weighted by molar-refractivity contribution is 8.03. The highest BCUT2D eigenvalue weighted by Crippen LogP contribution is 2.44. The van der Waals surface area contributed by atoms with Gasteiger partial charge in [0.2, 0.25) is 0 Å². The van der Waals surface area contributed by atoms with Crippen LogP contribution in [-0.4, -0.2) is 37.3 Å². The van der Waals surface area contributed by atoms with Gasteiger partial charge in [0, 0.05) is 5.75 Å². The average molecular weight is 444 g/mol. The number of carbonyl (C=O) groups excluding carboxylic acids is 1. The molecule has 1 aliphatic rings. The third kappa shape index (κ3) is 7.49. The predicted octanol–water partition coefficient (Wildman–Crippen LogP) is 6.85. The summed E-state index contributed by atoms with van der Waals surface area (Å²) >= 11 is 8.40. The largest absolute Gasteiger partial charge is 0.465 e. The van der Waals surface area contributed by atoms with Crippen molar-refractivity contribution < 1.29 is 9.53 Å². The summed E-state index contributed by atoms with van der Waals surface area (Å²) in [4.78, 5) is 12.2. The maximum atomic E-state index is 12.2. The molecule has 28 heavy (non-hydrogen) atoms. The van der Waals surface area contributed by atoms with Gasteiger partial charge >= 0.3 is 12.2 Å². The number of allylic oxidation sites excluding steroid dienone is 2. The van der Waals surface area contributed by atoms with Crippen LogP contribution in [0.1, 0.15) is 66.7 Å². The highest BCUT2D eigenvalue weighted by atomic mass is 35.5. The van der Waals surface area contributed by atoms with Crippen LogP contribution in [0, 0.1) is 5.92 Å². The van der Waals surface area contributed by atoms with E-state index in [1.54, 1.807) is 11.8 Å². The Balaban J connectivity index is 2.57. The molecule has 0 radical (unpaired) electrons. The van der Waals surface area contributed by atoms with Crippen LogP contribution in [0.5, 0.6) is 0 Å². The Morgan fingerprint density at radius 1 is 1.36 bits per heavy atom. The predicted molar refractivity (Wildman–Crippen MR) is 129 cm³/mol. The molecule has 0 bridgehead atoms. The minimum absolute atomic E-state index is 0.0873. The van der Waals surface area contributed by atoms with E-state index in [1.807, 2.05) is 12.1 Å². The molecule has 1 heterocycles. The van der Waals surface area contributed by atoms with Gasteiger partial charge in [0.25, 0.3) is 0 Å². The van der Waals surface area contributed by atoms with Crippen molar-refractivity contribution in [1.82, 2.24) is 4.48 Å². The highest BCUT2D eigenvalue weighted by Gasteiger charge is 2.45. The molecule has 1 rings (SSSR count). The van der Waals surface area contributed by atoms with Crippen molar-refractivity contribution in [3.05, 3.63) is 23.2 Å². The zero-order valence-corrected chi connectivity index (χ0v) is 21.5. The van der Waals surface area contributed by atoms with Gasteiger partial charge in [-0.2, -0.15) is 11.5 Å². The molecule has 160 valence electrons. The zero-order valence-electron chi connectivity index (χ0n) is 18.9. The monoisotopic (exact) mass is 443 g/mol. The minimum Gasteiger partial charge on any atom is -0.465 e. The second-order valence-corrected chi connectivity index (χ2v) is 15.8. The second kappa shape index (κ2) is 11.8. The summed E-state index contributed by atoms with van der Waals surface area (Å²) in [6.07, 6.45) is 9.09. The molecule has 0 saturated carbocycles. The van der Waals surface area contributed by atoms with Crippen molar-refractivity contribution >= 4 is 43.7 Å². The van der Waals surface area contributed by atoms with E-state index in [-0.39, 0.29) is 17.3 Å². The maximum Gasteiger partial charge on any atom is 0.380 e. The molecule has 0 aliphatic carbocycles. The van der Waals surface area contributed by atoms with Gasteiger partial charge < -0.3 is 9.21 Å². The Morgan fingerprint density at radius 2 is 2.04 bits per heavy atom. The Hall–Kier alpha value is -0.328. The summed E-state index contributed by atoms with van der Waals surface area (Å²) in [5.74, 6) is 3.17. The molecule has 0 N–H and O–H groups in total. The van der Waals surface area contributed by atoms with Crippen LogP contribution in [-0.2, 0) is 9.53 Å². The van der Waals surface area contributed by atoms with Gasteiger partial charge in [0.15, 0.2) is 0 Å². The lowest BCUT2D eigenvalue weighted by molar-refractivity contribution is -0.144. The molecule has 0 spiro atoms. The van der Waals surface area contributed by atoms with Crippen molar-refractivity contribution in [1.29, 1.82) is 0 Å². The van der Waals surface area contributed by atoms with Crippen molar-refractivity contribution in [3.8, 4) is 0 Å². The topological polar surface area (TPSA) is 29.5 Å². The maximum absolute atomic E-state index is 12.2. The van der Waals surface area contributed by atoms with E-state index >= 15 is 0 Å². The van der Waals surface area contributed by atoms with Crippen LogP contribution >= 0.6 is 23.2 Å². The zero-order chi connectivity index (χ0) is 21.4. The van der Waals surface area contributed by atoms with E-state index < -0.39 is 8.24 Å². The molecule has 1 unspecified atom stereocenters. The molecular weight excluding hydrogens is 405 g/mol. The van der Waals surface area contributed by atoms with Gasteiger partial charge in [-0.1, -0.05) is 79.0 Å². The number of halogens is 1. The molecule has 1 aliphatic heterocycles. The number of hydrogen-bond acceptors (Lipinski definition) is 4. The van der Waals surface area contributed by atoms with Crippen LogP contribution in [0.3, 0.4) is 0 Å². The van der Waals surface area contributed by atoms with Crippen molar-refractivity contribution in [2.24, 2.45) is 5.92 Å². The first-order valence-electron chi connectivity index (χ1n) is 10.6. The molecule has 0 fully saturated rings. The SMILES string of the molecule is CCCCC(CC)COC(=O)CCSC1=CC=CB(Cl)N1[Si](C)(C)C(C)(C)C. The van der Waals surface area contributed by atoms with Crippen molar-refractivity contribution in [3.63, 3.8) is 0 Å². The molecule has 0 saturated heterocycles. The molecule has 0 amide bonds. The lowest BCUT2D eigenvalue weighted by Gasteiger charge is -2.50. The summed E-state index contributed by atoms with van der Waals surface area (Å²) in [6.45, 7) is 16.5. The number of carbonyl (C=O) groups is 1. The quantitative estimate of drug-likeness (QED) is 0.258. The Morgan fingerprint density at radius 3 is 2.61 bits per heavy atom. The first-order valence-corrected chi connectivity index (χ1v) is 15.0. The summed E-state index contributed by atoms with van der Waals surface area (Å²) < 4.78 is 7.94. The average Bonchev–Trinajstić information content (AvgIpc) is 2.60. The third-order valence-electron chi connectivity index (χ3n) is 6.01. The second-order valence-electron chi connectivity index (χ2n) is 9.14. The summed E-state index contributed by atoms with van der Waals surface area (Å²) in [7, 11) is -1.81. The van der Waals surface area contributed by atoms with E-state index in [4.69, 9.17) is 16.2 Å². The standard InChI is InChI=1S/C21H39BClNO2SSi/c1-8-10-12-18(9-2)17-26-20(25)14-16-27-19-13-11-15-22(23)24(19)28(6,7)21(3,4)5/h11,13,15,18H,8-10,12,14,16-17H2,1-7H3. The number of rotatable bonds is 11. The summed E-state index contributed by atoms with van der Waals surface area (Å²) in [5, 5.41) is 1.37. The molecule has 3 nitrogen and oxygen atoms in total. The van der Waals surface area contributed by atoms with Crippen LogP contribution < -0.4 is 0 Å². The van der Waals surface area contributed by atoms with E-state index in [1.165, 1.54) is 17.9 Å². The van der Waals surface area contributed by atoms with Gasteiger partial charge in [-0.25, -0.2) is 0 Å². The first-order chi connectivity index (χ1) is 13.0. The third-order valence-corrected chi connectivity index (χ3v) is 13.1. The molecule has 7 heteroatoms. The van der Waals surface area contributed by atoms with Gasteiger partial charge in [-0.05, 0) is 23.5 Å². The molecule has 0 aromatic rings. The van der Waals surface area contributed by atoms with Gasteiger partial charge in [0.1, 0.15) is 8.24 Å². The Bertz CT molecular complexity index is 563. The normalized spacial score (nSPS) is 16.2. The smallest absolute Gasteiger partial charge is 0.380 e. The van der Waals surface area contributed by atoms with E-state index in [0.717, 1.165) is 18.6 Å². The van der Waals surface area contributed by atoms with Crippen LogP contribution in [0.25, 0.3) is 0 Å². The number of thioether (sulfide) groups is 1. The number of unbranched alkanes of at least 4 members (excludes halogenated alkanes) is 1. The lowest BCUT2D eigenvalue weighted by Crippen LogP contribution is -2.58. The lowest BCUT2D eigenvalue weighted by atomic mass is 9.90. The van der Waals surface area contributed by atoms with Crippen LogP contribution in [0.15, 0.2) is 23.2 Å². The fourth-order valence-corrected chi connectivity index (χ4v) is 7.81. The van der Waals surface area contributed by atoms with E-state index in [0.29, 0.717) is 18.9 Å².